The lowest BCUT2D eigenvalue weighted by molar-refractivity contribution is -0.142. The number of carboxylic acid groups (broad SMARTS) is 1. The highest BCUT2D eigenvalue weighted by Crippen LogP contribution is 2.30. The first kappa shape index (κ1) is 11.8. The van der Waals surface area contributed by atoms with E-state index in [1.807, 2.05) is 30.3 Å². The van der Waals surface area contributed by atoms with Crippen molar-refractivity contribution < 1.29 is 9.90 Å². The molecule has 1 aromatic heterocycles. The van der Waals surface area contributed by atoms with Gasteiger partial charge in [-0.15, -0.1) is 0 Å². The molecule has 19 heavy (non-hydrogen) atoms. The van der Waals surface area contributed by atoms with Crippen LogP contribution in [0.2, 0.25) is 0 Å². The number of carbonyl (C=O) groups is 1. The van der Waals surface area contributed by atoms with E-state index in [4.69, 9.17) is 10.8 Å². The molecule has 5 heteroatoms. The molecule has 0 aliphatic heterocycles. The van der Waals surface area contributed by atoms with Crippen molar-refractivity contribution in [2.75, 3.05) is 5.73 Å². The van der Waals surface area contributed by atoms with Gasteiger partial charge in [0.05, 0.1) is 17.3 Å². The summed E-state index contributed by atoms with van der Waals surface area (Å²) in [5, 5.41) is 13.6. The zero-order valence-electron chi connectivity index (χ0n) is 10.4. The van der Waals surface area contributed by atoms with Gasteiger partial charge >= 0.3 is 5.97 Å². The summed E-state index contributed by atoms with van der Waals surface area (Å²) >= 11 is 0. The number of fused-ring (bicyclic) bond motifs is 1. The van der Waals surface area contributed by atoms with Crippen LogP contribution >= 0.6 is 0 Å². The number of aliphatic carboxylic acids is 1. The van der Waals surface area contributed by atoms with Gasteiger partial charge in [-0.2, -0.15) is 5.10 Å². The summed E-state index contributed by atoms with van der Waals surface area (Å²) in [5.41, 5.74) is 8.85. The van der Waals surface area contributed by atoms with Crippen molar-refractivity contribution in [2.24, 2.45) is 5.92 Å². The van der Waals surface area contributed by atoms with Crippen molar-refractivity contribution in [1.82, 2.24) is 9.78 Å². The van der Waals surface area contributed by atoms with Gasteiger partial charge in [-0.3, -0.25) is 4.79 Å². The Hall–Kier alpha value is -2.30. The van der Waals surface area contributed by atoms with Gasteiger partial charge in [0.2, 0.25) is 0 Å². The zero-order valence-corrected chi connectivity index (χ0v) is 10.4. The van der Waals surface area contributed by atoms with Gasteiger partial charge in [0.1, 0.15) is 5.82 Å². The Bertz CT molecular complexity index is 619. The highest BCUT2D eigenvalue weighted by Gasteiger charge is 2.29. The SMILES string of the molecule is Nc1c2c(nn1-c1ccccc1)CCC(C(=O)O)C2. The minimum absolute atomic E-state index is 0.344. The first-order chi connectivity index (χ1) is 9.16. The maximum atomic E-state index is 11.1. The van der Waals surface area contributed by atoms with Crippen molar-refractivity contribution in [3.63, 3.8) is 0 Å². The number of rotatable bonds is 2. The summed E-state index contributed by atoms with van der Waals surface area (Å²) in [6.45, 7) is 0. The molecule has 1 heterocycles. The summed E-state index contributed by atoms with van der Waals surface area (Å²) in [5.74, 6) is -0.534. The average Bonchev–Trinajstić information content (AvgIpc) is 2.77. The van der Waals surface area contributed by atoms with Crippen LogP contribution in [-0.2, 0) is 17.6 Å². The van der Waals surface area contributed by atoms with Crippen LogP contribution in [-0.4, -0.2) is 20.9 Å². The average molecular weight is 257 g/mol. The molecular formula is C14H15N3O2. The van der Waals surface area contributed by atoms with Crippen molar-refractivity contribution in [3.8, 4) is 5.69 Å². The fourth-order valence-corrected chi connectivity index (χ4v) is 2.57. The predicted molar refractivity (Wildman–Crippen MR) is 71.1 cm³/mol. The van der Waals surface area contributed by atoms with Crippen LogP contribution in [0.5, 0.6) is 0 Å². The van der Waals surface area contributed by atoms with Crippen LogP contribution in [0.4, 0.5) is 5.82 Å². The van der Waals surface area contributed by atoms with Crippen LogP contribution in [0.1, 0.15) is 17.7 Å². The smallest absolute Gasteiger partial charge is 0.306 e. The van der Waals surface area contributed by atoms with Crippen LogP contribution < -0.4 is 5.73 Å². The highest BCUT2D eigenvalue weighted by molar-refractivity contribution is 5.71. The van der Waals surface area contributed by atoms with Gasteiger partial charge < -0.3 is 10.8 Å². The molecule has 0 fully saturated rings. The lowest BCUT2D eigenvalue weighted by Crippen LogP contribution is -2.22. The molecule has 0 amide bonds. The molecule has 1 aromatic carbocycles. The van der Waals surface area contributed by atoms with E-state index in [1.165, 1.54) is 0 Å². The second-order valence-electron chi connectivity index (χ2n) is 4.84. The second-order valence-corrected chi connectivity index (χ2v) is 4.84. The van der Waals surface area contributed by atoms with Crippen molar-refractivity contribution in [3.05, 3.63) is 41.6 Å². The monoisotopic (exact) mass is 257 g/mol. The second kappa shape index (κ2) is 4.42. The molecule has 0 spiro atoms. The molecule has 1 aliphatic carbocycles. The van der Waals surface area contributed by atoms with E-state index in [2.05, 4.69) is 5.10 Å². The summed E-state index contributed by atoms with van der Waals surface area (Å²) in [4.78, 5) is 11.1. The largest absolute Gasteiger partial charge is 0.481 e. The van der Waals surface area contributed by atoms with Crippen LogP contribution in [0.3, 0.4) is 0 Å². The number of aromatic nitrogens is 2. The van der Waals surface area contributed by atoms with E-state index >= 15 is 0 Å². The molecule has 1 atom stereocenters. The zero-order chi connectivity index (χ0) is 13.4. The first-order valence-corrected chi connectivity index (χ1v) is 6.31. The number of para-hydroxylation sites is 1. The van der Waals surface area contributed by atoms with Crippen molar-refractivity contribution in [2.45, 2.75) is 19.3 Å². The fourth-order valence-electron chi connectivity index (χ4n) is 2.57. The quantitative estimate of drug-likeness (QED) is 0.857. The first-order valence-electron chi connectivity index (χ1n) is 6.31. The number of hydrogen-bond acceptors (Lipinski definition) is 3. The van der Waals surface area contributed by atoms with Crippen LogP contribution in [0, 0.1) is 5.92 Å². The Morgan fingerprint density at radius 3 is 2.79 bits per heavy atom. The number of nitrogens with zero attached hydrogens (tertiary/aromatic N) is 2. The van der Waals surface area contributed by atoms with Crippen LogP contribution in [0.25, 0.3) is 5.69 Å². The molecule has 5 nitrogen and oxygen atoms in total. The van der Waals surface area contributed by atoms with Crippen molar-refractivity contribution in [1.29, 1.82) is 0 Å². The minimum atomic E-state index is -0.752. The van der Waals surface area contributed by atoms with Gasteiger partial charge in [0.25, 0.3) is 0 Å². The van der Waals surface area contributed by atoms with Gasteiger partial charge in [-0.05, 0) is 31.4 Å². The van der Waals surface area contributed by atoms with Crippen LogP contribution in [0.15, 0.2) is 30.3 Å². The molecular weight excluding hydrogens is 242 g/mol. The summed E-state index contributed by atoms with van der Waals surface area (Å²) in [6.07, 6.45) is 1.78. The molecule has 1 unspecified atom stereocenters. The number of aryl methyl sites for hydroxylation is 1. The Morgan fingerprint density at radius 1 is 1.37 bits per heavy atom. The molecule has 2 aromatic rings. The molecule has 0 radical (unpaired) electrons. The Balaban J connectivity index is 2.01. The molecule has 3 rings (SSSR count). The fraction of sp³-hybridized carbons (Fsp3) is 0.286. The van der Waals surface area contributed by atoms with Gasteiger partial charge in [0, 0.05) is 5.56 Å². The topological polar surface area (TPSA) is 81.1 Å². The van der Waals surface area contributed by atoms with E-state index in [1.54, 1.807) is 4.68 Å². The molecule has 0 saturated carbocycles. The third-order valence-electron chi connectivity index (χ3n) is 3.64. The Morgan fingerprint density at radius 2 is 2.11 bits per heavy atom. The maximum Gasteiger partial charge on any atom is 0.306 e. The van der Waals surface area contributed by atoms with Gasteiger partial charge in [-0.1, -0.05) is 18.2 Å². The van der Waals surface area contributed by atoms with E-state index < -0.39 is 5.97 Å². The van der Waals surface area contributed by atoms with E-state index in [-0.39, 0.29) is 5.92 Å². The molecule has 0 saturated heterocycles. The lowest BCUT2D eigenvalue weighted by Gasteiger charge is -2.17. The van der Waals surface area contributed by atoms with E-state index in [9.17, 15) is 4.79 Å². The minimum Gasteiger partial charge on any atom is -0.481 e. The standard InChI is InChI=1S/C14H15N3O2/c15-13-11-8-9(14(18)19)6-7-12(11)16-17(13)10-4-2-1-3-5-10/h1-5,9H,6-8,15H2,(H,18,19). The Kier molecular flexibility index (Phi) is 2.74. The van der Waals surface area contributed by atoms with Crippen molar-refractivity contribution >= 4 is 11.8 Å². The van der Waals surface area contributed by atoms with E-state index in [0.29, 0.717) is 25.1 Å². The number of nitrogens with two attached hydrogens (primary N) is 1. The number of nitrogen functional groups attached to an aromatic ring is 1. The number of carboxylic acids is 1. The number of hydrogen-bond donors (Lipinski definition) is 2. The predicted octanol–water partition coefficient (Wildman–Crippen LogP) is 1.64. The number of benzene rings is 1. The van der Waals surface area contributed by atoms with Gasteiger partial charge in [-0.25, -0.2) is 4.68 Å². The molecule has 0 bridgehead atoms. The third-order valence-corrected chi connectivity index (χ3v) is 3.64. The molecule has 1 aliphatic rings. The normalized spacial score (nSPS) is 18.0. The summed E-state index contributed by atoms with van der Waals surface area (Å²) in [7, 11) is 0. The Labute approximate surface area is 110 Å². The highest BCUT2D eigenvalue weighted by atomic mass is 16.4. The third kappa shape index (κ3) is 1.97. The molecule has 98 valence electrons. The summed E-state index contributed by atoms with van der Waals surface area (Å²) in [6, 6.07) is 9.65. The summed E-state index contributed by atoms with van der Waals surface area (Å²) < 4.78 is 1.70. The van der Waals surface area contributed by atoms with Gasteiger partial charge in [0.15, 0.2) is 0 Å². The maximum absolute atomic E-state index is 11.1. The number of anilines is 1. The van der Waals surface area contributed by atoms with E-state index in [0.717, 1.165) is 16.9 Å². The molecule has 3 N–H and O–H groups in total. The lowest BCUT2D eigenvalue weighted by atomic mass is 9.87.